The van der Waals surface area contributed by atoms with E-state index >= 15 is 0 Å². The van der Waals surface area contributed by atoms with Crippen molar-refractivity contribution in [1.29, 1.82) is 0 Å². The molecule has 33 heavy (non-hydrogen) atoms. The van der Waals surface area contributed by atoms with E-state index in [4.69, 9.17) is 4.98 Å². The maximum absolute atomic E-state index is 5.03. The highest BCUT2D eigenvalue weighted by atomic mass is 14.7. The molecule has 0 spiro atoms. The van der Waals surface area contributed by atoms with Crippen molar-refractivity contribution in [3.63, 3.8) is 0 Å². The second-order valence-corrected chi connectivity index (χ2v) is 8.78. The van der Waals surface area contributed by atoms with Gasteiger partial charge in [-0.3, -0.25) is 4.98 Å². The number of rotatable bonds is 5. The highest BCUT2D eigenvalue weighted by Gasteiger charge is 2.26. The molecule has 0 unspecified atom stereocenters. The molecule has 5 rings (SSSR count). The van der Waals surface area contributed by atoms with Crippen molar-refractivity contribution < 1.29 is 0 Å². The summed E-state index contributed by atoms with van der Waals surface area (Å²) in [6, 6.07) is 40.0. The number of hydrogen-bond donors (Lipinski definition) is 0. The van der Waals surface area contributed by atoms with Crippen molar-refractivity contribution in [3.8, 4) is 33.6 Å². The quantitative estimate of drug-likeness (QED) is 0.286. The molecule has 2 heterocycles. The zero-order valence-electron chi connectivity index (χ0n) is 18.9. The first kappa shape index (κ1) is 20.8. The van der Waals surface area contributed by atoms with Crippen LogP contribution in [-0.2, 0) is 5.41 Å². The molecule has 0 atom stereocenters. The molecule has 2 nitrogen and oxygen atoms in total. The third-order valence-electron chi connectivity index (χ3n) is 6.18. The van der Waals surface area contributed by atoms with E-state index in [2.05, 4.69) is 110 Å². The van der Waals surface area contributed by atoms with Gasteiger partial charge in [-0.1, -0.05) is 92.7 Å². The van der Waals surface area contributed by atoms with Crippen molar-refractivity contribution in [2.24, 2.45) is 0 Å². The summed E-state index contributed by atoms with van der Waals surface area (Å²) in [5.74, 6) is 0. The molecule has 0 aliphatic carbocycles. The summed E-state index contributed by atoms with van der Waals surface area (Å²) in [7, 11) is 0. The standard InChI is InChI=1S/C31H26N2/c1-31(2,30-18-9-10-19-32-30)27-21-25(23-12-5-3-6-13-23)20-26(22-27)29-17-11-16-28(33-29)24-14-7-4-8-15-24/h3-22H,1-2H3. The SMILES string of the molecule is CC(C)(c1cc(-c2ccccc2)cc(-c2cccc(-c3ccccc3)n2)c1)c1ccccn1. The fraction of sp³-hybridized carbons (Fsp3) is 0.0968. The van der Waals surface area contributed by atoms with E-state index in [1.54, 1.807) is 0 Å². The van der Waals surface area contributed by atoms with Gasteiger partial charge in [-0.25, -0.2) is 4.98 Å². The Morgan fingerprint density at radius 1 is 0.515 bits per heavy atom. The zero-order valence-corrected chi connectivity index (χ0v) is 18.9. The van der Waals surface area contributed by atoms with Crippen LogP contribution >= 0.6 is 0 Å². The van der Waals surface area contributed by atoms with Crippen molar-refractivity contribution in [2.45, 2.75) is 19.3 Å². The summed E-state index contributed by atoms with van der Waals surface area (Å²) in [6.07, 6.45) is 1.87. The van der Waals surface area contributed by atoms with Crippen LogP contribution in [-0.4, -0.2) is 9.97 Å². The third kappa shape index (κ3) is 4.33. The van der Waals surface area contributed by atoms with Gasteiger partial charge in [0.2, 0.25) is 0 Å². The van der Waals surface area contributed by atoms with Gasteiger partial charge in [-0.05, 0) is 53.1 Å². The molecular formula is C31H26N2. The Hall–Kier alpha value is -4.04. The molecule has 3 aromatic carbocycles. The lowest BCUT2D eigenvalue weighted by Gasteiger charge is -2.26. The van der Waals surface area contributed by atoms with Crippen molar-refractivity contribution in [1.82, 2.24) is 9.97 Å². The average Bonchev–Trinajstić information content (AvgIpc) is 2.90. The predicted molar refractivity (Wildman–Crippen MR) is 137 cm³/mol. The molecule has 160 valence electrons. The largest absolute Gasteiger partial charge is 0.260 e. The normalized spacial score (nSPS) is 11.3. The molecule has 0 N–H and O–H groups in total. The van der Waals surface area contributed by atoms with Crippen LogP contribution in [0.25, 0.3) is 33.6 Å². The fourth-order valence-electron chi connectivity index (χ4n) is 4.18. The fourth-order valence-corrected chi connectivity index (χ4v) is 4.18. The van der Waals surface area contributed by atoms with Gasteiger partial charge in [0.15, 0.2) is 0 Å². The molecule has 0 saturated carbocycles. The van der Waals surface area contributed by atoms with E-state index in [0.29, 0.717) is 0 Å². The van der Waals surface area contributed by atoms with Crippen molar-refractivity contribution in [2.75, 3.05) is 0 Å². The van der Waals surface area contributed by atoms with Crippen LogP contribution in [0.5, 0.6) is 0 Å². The Morgan fingerprint density at radius 3 is 1.79 bits per heavy atom. The molecule has 0 amide bonds. The summed E-state index contributed by atoms with van der Waals surface area (Å²) >= 11 is 0. The van der Waals surface area contributed by atoms with Crippen LogP contribution < -0.4 is 0 Å². The molecule has 0 aliphatic rings. The Kier molecular flexibility index (Phi) is 5.58. The van der Waals surface area contributed by atoms with Gasteiger partial charge in [0.05, 0.1) is 17.1 Å². The molecule has 0 bridgehead atoms. The lowest BCUT2D eigenvalue weighted by molar-refractivity contribution is 0.617. The predicted octanol–water partition coefficient (Wildman–Crippen LogP) is 7.80. The average molecular weight is 427 g/mol. The second-order valence-electron chi connectivity index (χ2n) is 8.78. The second kappa shape index (κ2) is 8.84. The lowest BCUT2D eigenvalue weighted by Crippen LogP contribution is -2.20. The van der Waals surface area contributed by atoms with Crippen LogP contribution in [0.1, 0.15) is 25.1 Å². The van der Waals surface area contributed by atoms with Crippen molar-refractivity contribution >= 4 is 0 Å². The Balaban J connectivity index is 1.68. The van der Waals surface area contributed by atoms with E-state index in [1.807, 2.05) is 30.5 Å². The number of aromatic nitrogens is 2. The van der Waals surface area contributed by atoms with Gasteiger partial charge < -0.3 is 0 Å². The monoisotopic (exact) mass is 426 g/mol. The number of hydrogen-bond acceptors (Lipinski definition) is 2. The summed E-state index contributed by atoms with van der Waals surface area (Å²) < 4.78 is 0. The number of nitrogens with zero attached hydrogens (tertiary/aromatic N) is 2. The van der Waals surface area contributed by atoms with E-state index in [0.717, 1.165) is 28.2 Å². The first-order valence-electron chi connectivity index (χ1n) is 11.3. The van der Waals surface area contributed by atoms with Gasteiger partial charge >= 0.3 is 0 Å². The summed E-state index contributed by atoms with van der Waals surface area (Å²) in [5.41, 5.74) is 8.54. The van der Waals surface area contributed by atoms with E-state index in [-0.39, 0.29) is 5.41 Å². The van der Waals surface area contributed by atoms with Crippen LogP contribution in [0.2, 0.25) is 0 Å². The van der Waals surface area contributed by atoms with Gasteiger partial charge in [-0.15, -0.1) is 0 Å². The summed E-state index contributed by atoms with van der Waals surface area (Å²) in [6.45, 7) is 4.47. The summed E-state index contributed by atoms with van der Waals surface area (Å²) in [4.78, 5) is 9.70. The first-order chi connectivity index (χ1) is 16.1. The first-order valence-corrected chi connectivity index (χ1v) is 11.3. The molecule has 0 fully saturated rings. The Morgan fingerprint density at radius 2 is 1.12 bits per heavy atom. The Labute approximate surface area is 195 Å². The highest BCUT2D eigenvalue weighted by Crippen LogP contribution is 2.36. The van der Waals surface area contributed by atoms with E-state index < -0.39 is 0 Å². The Bertz CT molecular complexity index is 1360. The van der Waals surface area contributed by atoms with Crippen LogP contribution in [0.4, 0.5) is 0 Å². The molecule has 5 aromatic rings. The maximum atomic E-state index is 5.03. The van der Waals surface area contributed by atoms with E-state index in [9.17, 15) is 0 Å². The number of pyridine rings is 2. The minimum atomic E-state index is -0.252. The summed E-state index contributed by atoms with van der Waals surface area (Å²) in [5, 5.41) is 0. The molecule has 0 aliphatic heterocycles. The van der Waals surface area contributed by atoms with Crippen LogP contribution in [0, 0.1) is 0 Å². The molecule has 0 saturated heterocycles. The molecule has 2 aromatic heterocycles. The minimum absolute atomic E-state index is 0.252. The van der Waals surface area contributed by atoms with Gasteiger partial charge in [0, 0.05) is 22.7 Å². The van der Waals surface area contributed by atoms with Gasteiger partial charge in [0.1, 0.15) is 0 Å². The molecule has 2 heteroatoms. The topological polar surface area (TPSA) is 25.8 Å². The number of benzene rings is 3. The van der Waals surface area contributed by atoms with Gasteiger partial charge in [0.25, 0.3) is 0 Å². The van der Waals surface area contributed by atoms with Crippen LogP contribution in [0.15, 0.2) is 121 Å². The molecular weight excluding hydrogens is 400 g/mol. The maximum Gasteiger partial charge on any atom is 0.0709 e. The van der Waals surface area contributed by atoms with Gasteiger partial charge in [-0.2, -0.15) is 0 Å². The zero-order chi connectivity index (χ0) is 22.7. The molecule has 0 radical (unpaired) electrons. The highest BCUT2D eigenvalue weighted by molar-refractivity contribution is 5.74. The van der Waals surface area contributed by atoms with Crippen molar-refractivity contribution in [3.05, 3.63) is 133 Å². The lowest BCUT2D eigenvalue weighted by atomic mass is 9.79. The minimum Gasteiger partial charge on any atom is -0.260 e. The third-order valence-corrected chi connectivity index (χ3v) is 6.18. The van der Waals surface area contributed by atoms with Crippen LogP contribution in [0.3, 0.4) is 0 Å². The van der Waals surface area contributed by atoms with E-state index in [1.165, 1.54) is 16.7 Å². The smallest absolute Gasteiger partial charge is 0.0709 e.